The first-order valence-electron chi connectivity index (χ1n) is 4.55. The molecule has 0 saturated carbocycles. The zero-order chi connectivity index (χ0) is 9.97. The molecule has 0 unspecified atom stereocenters. The maximum atomic E-state index is 4.40. The SMILES string of the molecule is C=Cc1cn(-c2ccccc2)nc1C. The largest absolute Gasteiger partial charge is 0.240 e. The molecule has 0 saturated heterocycles. The minimum atomic E-state index is 1.00. The smallest absolute Gasteiger partial charge is 0.0670 e. The fourth-order valence-corrected chi connectivity index (χ4v) is 1.39. The van der Waals surface area contributed by atoms with Crippen LogP contribution < -0.4 is 0 Å². The molecule has 0 amide bonds. The highest BCUT2D eigenvalue weighted by molar-refractivity contribution is 5.49. The van der Waals surface area contributed by atoms with Crippen LogP contribution in [0.5, 0.6) is 0 Å². The van der Waals surface area contributed by atoms with Crippen LogP contribution in [0, 0.1) is 6.92 Å². The van der Waals surface area contributed by atoms with Crippen molar-refractivity contribution in [2.75, 3.05) is 0 Å². The minimum absolute atomic E-state index is 1.00. The summed E-state index contributed by atoms with van der Waals surface area (Å²) in [6.07, 6.45) is 3.80. The molecular weight excluding hydrogens is 172 g/mol. The number of para-hydroxylation sites is 1. The van der Waals surface area contributed by atoms with Crippen molar-refractivity contribution in [3.63, 3.8) is 0 Å². The Kier molecular flexibility index (Phi) is 2.19. The van der Waals surface area contributed by atoms with Crippen LogP contribution >= 0.6 is 0 Å². The Labute approximate surface area is 83.5 Å². The van der Waals surface area contributed by atoms with E-state index >= 15 is 0 Å². The van der Waals surface area contributed by atoms with E-state index in [1.165, 1.54) is 0 Å². The van der Waals surface area contributed by atoms with Crippen LogP contribution in [-0.2, 0) is 0 Å². The Morgan fingerprint density at radius 3 is 2.57 bits per heavy atom. The summed E-state index contributed by atoms with van der Waals surface area (Å²) in [7, 11) is 0. The van der Waals surface area contributed by atoms with Crippen LogP contribution in [0.2, 0.25) is 0 Å². The van der Waals surface area contributed by atoms with Gasteiger partial charge in [-0.25, -0.2) is 4.68 Å². The molecular formula is C12H12N2. The van der Waals surface area contributed by atoms with Crippen LogP contribution in [-0.4, -0.2) is 9.78 Å². The maximum absolute atomic E-state index is 4.40. The van der Waals surface area contributed by atoms with E-state index in [0.717, 1.165) is 16.9 Å². The molecule has 70 valence electrons. The van der Waals surface area contributed by atoms with Gasteiger partial charge in [0.25, 0.3) is 0 Å². The topological polar surface area (TPSA) is 17.8 Å². The minimum Gasteiger partial charge on any atom is -0.240 e. The zero-order valence-corrected chi connectivity index (χ0v) is 8.14. The summed E-state index contributed by atoms with van der Waals surface area (Å²) in [6, 6.07) is 10.0. The lowest BCUT2D eigenvalue weighted by Crippen LogP contribution is -1.93. The van der Waals surface area contributed by atoms with Gasteiger partial charge in [0.05, 0.1) is 11.4 Å². The van der Waals surface area contributed by atoms with Crippen LogP contribution in [0.15, 0.2) is 43.1 Å². The molecule has 0 aliphatic rings. The average Bonchev–Trinajstić information content (AvgIpc) is 2.61. The van der Waals surface area contributed by atoms with Crippen LogP contribution in [0.3, 0.4) is 0 Å². The van der Waals surface area contributed by atoms with Gasteiger partial charge in [-0.2, -0.15) is 5.10 Å². The summed E-state index contributed by atoms with van der Waals surface area (Å²) >= 11 is 0. The summed E-state index contributed by atoms with van der Waals surface area (Å²) in [5.74, 6) is 0. The molecule has 1 heterocycles. The Balaban J connectivity index is 2.48. The predicted octanol–water partition coefficient (Wildman–Crippen LogP) is 2.82. The fourth-order valence-electron chi connectivity index (χ4n) is 1.39. The molecule has 0 radical (unpaired) electrons. The fraction of sp³-hybridized carbons (Fsp3) is 0.0833. The molecule has 1 aromatic heterocycles. The molecule has 2 rings (SSSR count). The molecule has 0 aliphatic heterocycles. The molecule has 0 bridgehead atoms. The van der Waals surface area contributed by atoms with Gasteiger partial charge in [-0.3, -0.25) is 0 Å². The number of rotatable bonds is 2. The summed E-state index contributed by atoms with van der Waals surface area (Å²) in [5.41, 5.74) is 3.15. The van der Waals surface area contributed by atoms with E-state index in [0.29, 0.717) is 0 Å². The van der Waals surface area contributed by atoms with E-state index in [2.05, 4.69) is 11.7 Å². The van der Waals surface area contributed by atoms with Gasteiger partial charge in [0, 0.05) is 11.8 Å². The summed E-state index contributed by atoms with van der Waals surface area (Å²) < 4.78 is 1.87. The summed E-state index contributed by atoms with van der Waals surface area (Å²) in [4.78, 5) is 0. The first-order valence-corrected chi connectivity index (χ1v) is 4.55. The van der Waals surface area contributed by atoms with Crippen LogP contribution in [0.4, 0.5) is 0 Å². The molecule has 1 aromatic carbocycles. The third-order valence-corrected chi connectivity index (χ3v) is 2.18. The third kappa shape index (κ3) is 1.46. The normalized spacial score (nSPS) is 10.1. The quantitative estimate of drug-likeness (QED) is 0.701. The molecule has 2 heteroatoms. The van der Waals surface area contributed by atoms with Crippen molar-refractivity contribution in [1.29, 1.82) is 0 Å². The lowest BCUT2D eigenvalue weighted by molar-refractivity contribution is 0.863. The monoisotopic (exact) mass is 184 g/mol. The van der Waals surface area contributed by atoms with Gasteiger partial charge in [0.1, 0.15) is 0 Å². The molecule has 2 aromatic rings. The highest BCUT2D eigenvalue weighted by atomic mass is 15.3. The average molecular weight is 184 g/mol. The van der Waals surface area contributed by atoms with E-state index < -0.39 is 0 Å². The van der Waals surface area contributed by atoms with Crippen molar-refractivity contribution in [3.05, 3.63) is 54.4 Å². The standard InChI is InChI=1S/C12H12N2/c1-3-11-9-14(13-10(11)2)12-7-5-4-6-8-12/h3-9H,1H2,2H3. The van der Waals surface area contributed by atoms with Crippen molar-refractivity contribution >= 4 is 6.08 Å². The Morgan fingerprint density at radius 1 is 1.29 bits per heavy atom. The van der Waals surface area contributed by atoms with Gasteiger partial charge in [0.2, 0.25) is 0 Å². The number of aryl methyl sites for hydroxylation is 1. The third-order valence-electron chi connectivity index (χ3n) is 2.18. The number of hydrogen-bond donors (Lipinski definition) is 0. The molecule has 14 heavy (non-hydrogen) atoms. The lowest BCUT2D eigenvalue weighted by Gasteiger charge is -1.98. The van der Waals surface area contributed by atoms with Crippen molar-refractivity contribution < 1.29 is 0 Å². The molecule has 0 N–H and O–H groups in total. The van der Waals surface area contributed by atoms with Crippen molar-refractivity contribution in [2.24, 2.45) is 0 Å². The van der Waals surface area contributed by atoms with E-state index in [1.54, 1.807) is 0 Å². The van der Waals surface area contributed by atoms with Gasteiger partial charge >= 0.3 is 0 Å². The van der Waals surface area contributed by atoms with E-state index in [1.807, 2.05) is 54.2 Å². The second-order valence-electron chi connectivity index (χ2n) is 3.15. The predicted molar refractivity (Wildman–Crippen MR) is 58.4 cm³/mol. The second kappa shape index (κ2) is 3.50. The lowest BCUT2D eigenvalue weighted by atomic mass is 10.3. The number of aromatic nitrogens is 2. The van der Waals surface area contributed by atoms with E-state index in [-0.39, 0.29) is 0 Å². The van der Waals surface area contributed by atoms with Gasteiger partial charge in [-0.1, -0.05) is 30.9 Å². The van der Waals surface area contributed by atoms with Gasteiger partial charge in [0.15, 0.2) is 0 Å². The van der Waals surface area contributed by atoms with Crippen LogP contribution in [0.25, 0.3) is 11.8 Å². The van der Waals surface area contributed by atoms with E-state index in [4.69, 9.17) is 0 Å². The molecule has 0 spiro atoms. The van der Waals surface area contributed by atoms with Crippen molar-refractivity contribution in [1.82, 2.24) is 9.78 Å². The number of nitrogens with zero attached hydrogens (tertiary/aromatic N) is 2. The molecule has 0 fully saturated rings. The highest BCUT2D eigenvalue weighted by Crippen LogP contribution is 2.11. The molecule has 0 atom stereocenters. The molecule has 2 nitrogen and oxygen atoms in total. The van der Waals surface area contributed by atoms with E-state index in [9.17, 15) is 0 Å². The first kappa shape index (κ1) is 8.75. The Bertz CT molecular complexity index is 441. The number of benzene rings is 1. The number of hydrogen-bond acceptors (Lipinski definition) is 1. The second-order valence-corrected chi connectivity index (χ2v) is 3.15. The Morgan fingerprint density at radius 2 is 2.00 bits per heavy atom. The highest BCUT2D eigenvalue weighted by Gasteiger charge is 2.01. The van der Waals surface area contributed by atoms with Crippen molar-refractivity contribution in [3.8, 4) is 5.69 Å². The summed E-state index contributed by atoms with van der Waals surface area (Å²) in [6.45, 7) is 5.73. The maximum Gasteiger partial charge on any atom is 0.0670 e. The first-order chi connectivity index (χ1) is 6.81. The van der Waals surface area contributed by atoms with Crippen LogP contribution in [0.1, 0.15) is 11.3 Å². The van der Waals surface area contributed by atoms with Gasteiger partial charge in [-0.15, -0.1) is 0 Å². The van der Waals surface area contributed by atoms with Gasteiger partial charge < -0.3 is 0 Å². The Hall–Kier alpha value is -1.83. The van der Waals surface area contributed by atoms with Crippen molar-refractivity contribution in [2.45, 2.75) is 6.92 Å². The zero-order valence-electron chi connectivity index (χ0n) is 8.14. The van der Waals surface area contributed by atoms with Gasteiger partial charge in [-0.05, 0) is 19.1 Å². The summed E-state index contributed by atoms with van der Waals surface area (Å²) in [5, 5.41) is 4.40. The molecule has 0 aliphatic carbocycles.